The third-order valence-corrected chi connectivity index (χ3v) is 1.54. The minimum absolute atomic E-state index is 0.106. The molecule has 0 saturated carbocycles. The van der Waals surface area contributed by atoms with Crippen LogP contribution in [0.4, 0.5) is 0 Å². The maximum atomic E-state index is 8.87. The van der Waals surface area contributed by atoms with Crippen LogP contribution in [0.2, 0.25) is 0 Å². The van der Waals surface area contributed by atoms with Crippen LogP contribution >= 0.6 is 0 Å². The Labute approximate surface area is 72.6 Å². The van der Waals surface area contributed by atoms with Crippen molar-refractivity contribution in [2.45, 2.75) is 13.2 Å². The lowest BCUT2D eigenvalue weighted by Crippen LogP contribution is -2.07. The van der Waals surface area contributed by atoms with E-state index in [4.69, 9.17) is 5.11 Å². The first-order chi connectivity index (χ1) is 6.40. The summed E-state index contributed by atoms with van der Waals surface area (Å²) in [5.74, 6) is 0.500. The van der Waals surface area contributed by atoms with Crippen molar-refractivity contribution in [2.75, 3.05) is 0 Å². The zero-order valence-electron chi connectivity index (χ0n) is 6.62. The number of nitrogens with zero attached hydrogens (tertiary/aromatic N) is 6. The van der Waals surface area contributed by atoms with E-state index < -0.39 is 0 Å². The third kappa shape index (κ3) is 1.51. The molecule has 0 atom stereocenters. The van der Waals surface area contributed by atoms with E-state index in [2.05, 4.69) is 30.9 Å². The second kappa shape index (κ2) is 3.27. The molecule has 2 aromatic rings. The molecule has 13 heavy (non-hydrogen) atoms. The van der Waals surface area contributed by atoms with Gasteiger partial charge in [-0.05, 0) is 0 Å². The summed E-state index contributed by atoms with van der Waals surface area (Å²) in [4.78, 5) is 0. The molecule has 68 valence electrons. The van der Waals surface area contributed by atoms with Gasteiger partial charge in [0.2, 0.25) is 0 Å². The van der Waals surface area contributed by atoms with Crippen molar-refractivity contribution in [3.63, 3.8) is 0 Å². The fourth-order valence-electron chi connectivity index (χ4n) is 0.918. The summed E-state index contributed by atoms with van der Waals surface area (Å²) in [6, 6.07) is 0. The minimum atomic E-state index is -0.106. The molecule has 0 bridgehead atoms. The summed E-state index contributed by atoms with van der Waals surface area (Å²) in [6.07, 6.45) is 1.49. The topological polar surface area (TPSA) is 105 Å². The Kier molecular flexibility index (Phi) is 1.96. The Morgan fingerprint density at radius 3 is 3.15 bits per heavy atom. The van der Waals surface area contributed by atoms with Crippen LogP contribution in [0.25, 0.3) is 0 Å². The van der Waals surface area contributed by atoms with E-state index in [9.17, 15) is 0 Å². The van der Waals surface area contributed by atoms with Crippen molar-refractivity contribution in [3.05, 3.63) is 17.7 Å². The first-order valence-electron chi connectivity index (χ1n) is 3.60. The van der Waals surface area contributed by atoms with E-state index in [1.54, 1.807) is 0 Å². The molecule has 8 nitrogen and oxygen atoms in total. The van der Waals surface area contributed by atoms with Gasteiger partial charge < -0.3 is 5.11 Å². The molecule has 8 heteroatoms. The maximum absolute atomic E-state index is 8.87. The Hall–Kier alpha value is -1.83. The van der Waals surface area contributed by atoms with Gasteiger partial charge in [-0.3, -0.25) is 0 Å². The standard InChI is InChI=1S/C5H7N7O/c13-3-4-1-6-11-12(4)2-5-7-9-10-8-5/h1,13H,2-3H2,(H,7,8,9,10). The Morgan fingerprint density at radius 2 is 2.46 bits per heavy atom. The number of nitrogens with one attached hydrogen (secondary N) is 1. The predicted octanol–water partition coefficient (Wildman–Crippen LogP) is -1.67. The van der Waals surface area contributed by atoms with Crippen LogP contribution in [0.3, 0.4) is 0 Å². The van der Waals surface area contributed by atoms with Crippen LogP contribution in [-0.4, -0.2) is 40.7 Å². The zero-order valence-corrected chi connectivity index (χ0v) is 6.62. The van der Waals surface area contributed by atoms with Crippen molar-refractivity contribution in [2.24, 2.45) is 0 Å². The highest BCUT2D eigenvalue weighted by Crippen LogP contribution is 1.97. The molecule has 2 heterocycles. The maximum Gasteiger partial charge on any atom is 0.196 e. The average Bonchev–Trinajstić information content (AvgIpc) is 2.76. The van der Waals surface area contributed by atoms with Gasteiger partial charge in [0.05, 0.1) is 18.5 Å². The summed E-state index contributed by atoms with van der Waals surface area (Å²) in [6.45, 7) is 0.247. The van der Waals surface area contributed by atoms with Crippen LogP contribution in [0.15, 0.2) is 6.20 Å². The smallest absolute Gasteiger partial charge is 0.196 e. The molecule has 2 aromatic heterocycles. The summed E-state index contributed by atoms with van der Waals surface area (Å²) >= 11 is 0. The van der Waals surface area contributed by atoms with E-state index in [1.165, 1.54) is 10.9 Å². The van der Waals surface area contributed by atoms with Gasteiger partial charge in [-0.25, -0.2) is 4.68 Å². The van der Waals surface area contributed by atoms with Crippen molar-refractivity contribution in [1.29, 1.82) is 0 Å². The number of hydrogen-bond acceptors (Lipinski definition) is 6. The van der Waals surface area contributed by atoms with Gasteiger partial charge in [-0.15, -0.1) is 15.3 Å². The largest absolute Gasteiger partial charge is 0.390 e. The fourth-order valence-corrected chi connectivity index (χ4v) is 0.918. The second-order valence-electron chi connectivity index (χ2n) is 2.37. The van der Waals surface area contributed by atoms with E-state index in [-0.39, 0.29) is 6.61 Å². The van der Waals surface area contributed by atoms with Gasteiger partial charge in [0, 0.05) is 0 Å². The molecule has 0 aliphatic heterocycles. The van der Waals surface area contributed by atoms with Crippen molar-refractivity contribution in [1.82, 2.24) is 35.6 Å². The molecule has 0 aromatic carbocycles. The van der Waals surface area contributed by atoms with E-state index in [0.29, 0.717) is 18.1 Å². The molecule has 0 fully saturated rings. The van der Waals surface area contributed by atoms with Crippen LogP contribution in [-0.2, 0) is 13.2 Å². The van der Waals surface area contributed by atoms with Gasteiger partial charge in [-0.2, -0.15) is 5.21 Å². The van der Waals surface area contributed by atoms with E-state index in [1.807, 2.05) is 0 Å². The average molecular weight is 181 g/mol. The fraction of sp³-hybridized carbons (Fsp3) is 0.400. The number of hydrogen-bond donors (Lipinski definition) is 2. The predicted molar refractivity (Wildman–Crippen MR) is 39.2 cm³/mol. The highest BCUT2D eigenvalue weighted by Gasteiger charge is 2.05. The first-order valence-corrected chi connectivity index (χ1v) is 3.60. The molecule has 0 spiro atoms. The molecule has 0 amide bonds. The number of aromatic nitrogens is 7. The van der Waals surface area contributed by atoms with Gasteiger partial charge in [0.15, 0.2) is 5.82 Å². The second-order valence-corrected chi connectivity index (χ2v) is 2.37. The number of H-pyrrole nitrogens is 1. The molecular weight excluding hydrogens is 174 g/mol. The van der Waals surface area contributed by atoms with Gasteiger partial charge in [0.25, 0.3) is 0 Å². The minimum Gasteiger partial charge on any atom is -0.390 e. The van der Waals surface area contributed by atoms with Crippen molar-refractivity contribution < 1.29 is 5.11 Å². The number of aliphatic hydroxyl groups is 1. The van der Waals surface area contributed by atoms with Crippen molar-refractivity contribution in [3.8, 4) is 0 Å². The summed E-state index contributed by atoms with van der Waals surface area (Å²) < 4.78 is 1.50. The van der Waals surface area contributed by atoms with Crippen molar-refractivity contribution >= 4 is 0 Å². The quantitative estimate of drug-likeness (QED) is 0.586. The molecule has 0 aliphatic carbocycles. The van der Waals surface area contributed by atoms with Gasteiger partial charge in [0.1, 0.15) is 6.54 Å². The van der Waals surface area contributed by atoms with Crippen LogP contribution in [0, 0.1) is 0 Å². The highest BCUT2D eigenvalue weighted by molar-refractivity contribution is 4.93. The number of aromatic amines is 1. The summed E-state index contributed by atoms with van der Waals surface area (Å²) in [5.41, 5.74) is 0.616. The molecule has 0 unspecified atom stereocenters. The zero-order chi connectivity index (χ0) is 9.10. The number of tetrazole rings is 1. The van der Waals surface area contributed by atoms with Crippen LogP contribution < -0.4 is 0 Å². The van der Waals surface area contributed by atoms with E-state index in [0.717, 1.165) is 0 Å². The Bertz CT molecular complexity index is 366. The monoisotopic (exact) mass is 181 g/mol. The number of aliphatic hydroxyl groups excluding tert-OH is 1. The Morgan fingerprint density at radius 1 is 1.54 bits per heavy atom. The normalized spacial score (nSPS) is 10.5. The third-order valence-electron chi connectivity index (χ3n) is 1.54. The van der Waals surface area contributed by atoms with Crippen LogP contribution in [0.1, 0.15) is 11.5 Å². The molecule has 2 N–H and O–H groups in total. The molecule has 0 saturated heterocycles. The Balaban J connectivity index is 2.18. The summed E-state index contributed by atoms with van der Waals surface area (Å²) in [7, 11) is 0. The van der Waals surface area contributed by atoms with E-state index >= 15 is 0 Å². The number of rotatable bonds is 3. The molecular formula is C5H7N7O. The lowest BCUT2D eigenvalue weighted by atomic mass is 10.5. The van der Waals surface area contributed by atoms with Crippen LogP contribution in [0.5, 0.6) is 0 Å². The first kappa shape index (κ1) is 7.80. The van der Waals surface area contributed by atoms with Gasteiger partial charge >= 0.3 is 0 Å². The molecule has 2 rings (SSSR count). The SMILES string of the molecule is OCc1cnnn1Cc1nn[nH]n1. The lowest BCUT2D eigenvalue weighted by Gasteiger charge is -1.98. The lowest BCUT2D eigenvalue weighted by molar-refractivity contribution is 0.268. The van der Waals surface area contributed by atoms with Gasteiger partial charge in [-0.1, -0.05) is 10.4 Å². The molecule has 0 aliphatic rings. The summed E-state index contributed by atoms with van der Waals surface area (Å²) in [5, 5.41) is 29.5. The highest BCUT2D eigenvalue weighted by atomic mass is 16.3. The molecule has 0 radical (unpaired) electrons.